The van der Waals surface area contributed by atoms with Crippen molar-refractivity contribution in [3.63, 3.8) is 0 Å². The van der Waals surface area contributed by atoms with E-state index < -0.39 is 5.41 Å². The molecule has 7 heteroatoms. The average Bonchev–Trinajstić information content (AvgIpc) is 2.50. The fourth-order valence-electron chi connectivity index (χ4n) is 2.69. The van der Waals surface area contributed by atoms with Crippen molar-refractivity contribution in [3.8, 4) is 0 Å². The van der Waals surface area contributed by atoms with Crippen LogP contribution in [-0.4, -0.2) is 17.0 Å². The molecule has 0 radical (unpaired) electrons. The molecule has 4 N–H and O–H groups in total. The van der Waals surface area contributed by atoms with Crippen molar-refractivity contribution >= 4 is 40.6 Å². The summed E-state index contributed by atoms with van der Waals surface area (Å²) in [6, 6.07) is 4.82. The van der Waals surface area contributed by atoms with Crippen molar-refractivity contribution in [3.05, 3.63) is 28.2 Å². The topological polar surface area (TPSA) is 87.7 Å². The molecule has 0 spiro atoms. The second kappa shape index (κ2) is 6.54. The molecule has 1 aliphatic carbocycles. The molecule has 114 valence electrons. The Bertz CT molecular complexity index is 569. The minimum atomic E-state index is -0.987. The highest BCUT2D eigenvalue weighted by Crippen LogP contribution is 2.38. The lowest BCUT2D eigenvalue weighted by Crippen LogP contribution is -2.48. The lowest BCUT2D eigenvalue weighted by atomic mass is 9.72. The summed E-state index contributed by atoms with van der Waals surface area (Å²) in [6.45, 7) is 0. The number of nitrogens with zero attached hydrogens (tertiary/aromatic N) is 1. The Labute approximate surface area is 133 Å². The Balaban J connectivity index is 2.29. The first-order chi connectivity index (χ1) is 9.99. The second-order valence-corrected chi connectivity index (χ2v) is 6.05. The zero-order valence-corrected chi connectivity index (χ0v) is 12.9. The van der Waals surface area contributed by atoms with Crippen LogP contribution in [0.4, 0.5) is 5.69 Å². The Morgan fingerprint density at radius 3 is 2.57 bits per heavy atom. The van der Waals surface area contributed by atoms with Gasteiger partial charge in [0.1, 0.15) is 5.41 Å². The molecule has 1 aromatic carbocycles. The molecule has 0 heterocycles. The lowest BCUT2D eigenvalue weighted by Gasteiger charge is -2.34. The first-order valence-corrected chi connectivity index (χ1v) is 7.50. The molecule has 5 nitrogen and oxygen atoms in total. The standard InChI is InChI=1S/C14H17Cl2N3O2/c15-9-4-5-10(16)11(8-9)18-13(20)14(12(17)19-21)6-2-1-3-7-14/h4-5,8,21H,1-3,6-7H2,(H2,17,19)(H,18,20). The lowest BCUT2D eigenvalue weighted by molar-refractivity contribution is -0.123. The number of hydrogen-bond acceptors (Lipinski definition) is 3. The first kappa shape index (κ1) is 15.9. The van der Waals surface area contributed by atoms with E-state index in [0.717, 1.165) is 19.3 Å². The maximum absolute atomic E-state index is 12.7. The van der Waals surface area contributed by atoms with Crippen molar-refractivity contribution in [1.82, 2.24) is 0 Å². The molecule has 2 rings (SSSR count). The van der Waals surface area contributed by atoms with Crippen LogP contribution >= 0.6 is 23.2 Å². The number of carbonyl (C=O) groups is 1. The van der Waals surface area contributed by atoms with Crippen LogP contribution in [0.15, 0.2) is 23.4 Å². The summed E-state index contributed by atoms with van der Waals surface area (Å²) in [5, 5.41) is 15.7. The number of benzene rings is 1. The zero-order valence-electron chi connectivity index (χ0n) is 11.4. The summed E-state index contributed by atoms with van der Waals surface area (Å²) < 4.78 is 0. The summed E-state index contributed by atoms with van der Waals surface area (Å²) in [7, 11) is 0. The fourth-order valence-corrected chi connectivity index (χ4v) is 3.02. The summed E-state index contributed by atoms with van der Waals surface area (Å²) in [6.07, 6.45) is 3.84. The number of oxime groups is 1. The van der Waals surface area contributed by atoms with Gasteiger partial charge in [0.05, 0.1) is 10.7 Å². The van der Waals surface area contributed by atoms with Gasteiger partial charge in [-0.25, -0.2) is 0 Å². The van der Waals surface area contributed by atoms with E-state index in [2.05, 4.69) is 10.5 Å². The maximum atomic E-state index is 12.7. The Morgan fingerprint density at radius 2 is 1.95 bits per heavy atom. The van der Waals surface area contributed by atoms with E-state index in [1.165, 1.54) is 0 Å². The summed E-state index contributed by atoms with van der Waals surface area (Å²) in [5.41, 5.74) is 5.22. The molecule has 0 aliphatic heterocycles. The monoisotopic (exact) mass is 329 g/mol. The van der Waals surface area contributed by atoms with Crippen molar-refractivity contribution in [2.45, 2.75) is 32.1 Å². The number of hydrogen-bond donors (Lipinski definition) is 3. The highest BCUT2D eigenvalue weighted by Gasteiger charge is 2.44. The van der Waals surface area contributed by atoms with Crippen molar-refractivity contribution in [2.24, 2.45) is 16.3 Å². The quantitative estimate of drug-likeness (QED) is 0.342. The molecule has 21 heavy (non-hydrogen) atoms. The molecular formula is C14H17Cl2N3O2. The second-order valence-electron chi connectivity index (χ2n) is 5.21. The van der Waals surface area contributed by atoms with Gasteiger partial charge in [-0.05, 0) is 31.0 Å². The molecular weight excluding hydrogens is 313 g/mol. The van der Waals surface area contributed by atoms with Crippen LogP contribution in [0, 0.1) is 5.41 Å². The SMILES string of the molecule is NC(=NO)C1(C(=O)Nc2cc(Cl)ccc2Cl)CCCCC1. The summed E-state index contributed by atoms with van der Waals surface area (Å²) >= 11 is 12.0. The van der Waals surface area contributed by atoms with E-state index >= 15 is 0 Å². The van der Waals surface area contributed by atoms with Gasteiger partial charge >= 0.3 is 0 Å². The zero-order chi connectivity index (χ0) is 15.5. The van der Waals surface area contributed by atoms with Crippen LogP contribution in [0.2, 0.25) is 10.0 Å². The van der Waals surface area contributed by atoms with E-state index in [4.69, 9.17) is 34.1 Å². The van der Waals surface area contributed by atoms with Crippen molar-refractivity contribution < 1.29 is 10.0 Å². The number of anilines is 1. The van der Waals surface area contributed by atoms with Crippen LogP contribution in [0.1, 0.15) is 32.1 Å². The van der Waals surface area contributed by atoms with Gasteiger partial charge < -0.3 is 16.3 Å². The van der Waals surface area contributed by atoms with Crippen LogP contribution in [-0.2, 0) is 4.79 Å². The molecule has 0 unspecified atom stereocenters. The van der Waals surface area contributed by atoms with E-state index in [1.54, 1.807) is 18.2 Å². The van der Waals surface area contributed by atoms with Crippen LogP contribution < -0.4 is 11.1 Å². The number of nitrogens with one attached hydrogen (secondary N) is 1. The number of rotatable bonds is 3. The van der Waals surface area contributed by atoms with Gasteiger partial charge in [-0.1, -0.05) is 47.6 Å². The van der Waals surface area contributed by atoms with Gasteiger partial charge in [0.25, 0.3) is 0 Å². The molecule has 1 fully saturated rings. The normalized spacial score (nSPS) is 18.3. The first-order valence-electron chi connectivity index (χ1n) is 6.74. The van der Waals surface area contributed by atoms with Gasteiger partial charge in [-0.2, -0.15) is 0 Å². The summed E-state index contributed by atoms with van der Waals surface area (Å²) in [4.78, 5) is 12.7. The average molecular weight is 330 g/mol. The van der Waals surface area contributed by atoms with Gasteiger partial charge in [0, 0.05) is 5.02 Å². The molecule has 1 saturated carbocycles. The van der Waals surface area contributed by atoms with Crippen LogP contribution in [0.3, 0.4) is 0 Å². The number of amides is 1. The summed E-state index contributed by atoms with van der Waals surface area (Å²) in [5.74, 6) is -0.375. The molecule has 0 bridgehead atoms. The predicted molar refractivity (Wildman–Crippen MR) is 84.0 cm³/mol. The number of carbonyl (C=O) groups excluding carboxylic acids is 1. The van der Waals surface area contributed by atoms with Gasteiger partial charge in [-0.15, -0.1) is 0 Å². The van der Waals surface area contributed by atoms with E-state index in [1.807, 2.05) is 0 Å². The van der Waals surface area contributed by atoms with Gasteiger partial charge in [0.2, 0.25) is 5.91 Å². The Hall–Kier alpha value is -1.46. The minimum Gasteiger partial charge on any atom is -0.409 e. The number of nitrogens with two attached hydrogens (primary N) is 1. The van der Waals surface area contributed by atoms with Crippen LogP contribution in [0.5, 0.6) is 0 Å². The largest absolute Gasteiger partial charge is 0.409 e. The third-order valence-electron chi connectivity index (χ3n) is 3.92. The Morgan fingerprint density at radius 1 is 1.29 bits per heavy atom. The molecule has 1 aromatic rings. The van der Waals surface area contributed by atoms with Gasteiger partial charge in [0.15, 0.2) is 5.84 Å². The molecule has 0 saturated heterocycles. The molecule has 0 atom stereocenters. The third-order valence-corrected chi connectivity index (χ3v) is 4.48. The van der Waals surface area contributed by atoms with Crippen molar-refractivity contribution in [1.29, 1.82) is 0 Å². The van der Waals surface area contributed by atoms with E-state index in [0.29, 0.717) is 28.6 Å². The predicted octanol–water partition coefficient (Wildman–Crippen LogP) is 3.63. The van der Waals surface area contributed by atoms with Crippen molar-refractivity contribution in [2.75, 3.05) is 5.32 Å². The Kier molecular flexibility index (Phi) is 4.96. The fraction of sp³-hybridized carbons (Fsp3) is 0.429. The highest BCUT2D eigenvalue weighted by atomic mass is 35.5. The molecule has 1 amide bonds. The number of amidine groups is 1. The molecule has 0 aromatic heterocycles. The third kappa shape index (κ3) is 3.24. The van der Waals surface area contributed by atoms with Crippen LogP contribution in [0.25, 0.3) is 0 Å². The highest BCUT2D eigenvalue weighted by molar-refractivity contribution is 6.35. The van der Waals surface area contributed by atoms with Gasteiger partial charge in [-0.3, -0.25) is 4.79 Å². The maximum Gasteiger partial charge on any atom is 0.238 e. The smallest absolute Gasteiger partial charge is 0.238 e. The molecule has 1 aliphatic rings. The minimum absolute atomic E-state index is 0.0575. The number of halogens is 2. The van der Waals surface area contributed by atoms with E-state index in [9.17, 15) is 4.79 Å². The van der Waals surface area contributed by atoms with E-state index in [-0.39, 0.29) is 11.7 Å².